The third-order valence-electron chi connectivity index (χ3n) is 9.20. The van der Waals surface area contributed by atoms with Crippen molar-refractivity contribution in [3.8, 4) is 11.1 Å². The molecule has 5 heteroatoms. The van der Waals surface area contributed by atoms with Gasteiger partial charge in [-0.05, 0) is 84.7 Å². The van der Waals surface area contributed by atoms with Crippen molar-refractivity contribution in [1.82, 2.24) is 0 Å². The molecule has 0 amide bonds. The molecule has 2 aromatic rings. The predicted octanol–water partition coefficient (Wildman–Crippen LogP) is 9.77. The zero-order valence-electron chi connectivity index (χ0n) is 23.0. The number of thiol groups is 1. The Balaban J connectivity index is 2.21. The van der Waals surface area contributed by atoms with E-state index < -0.39 is 22.2 Å². The van der Waals surface area contributed by atoms with Crippen molar-refractivity contribution < 1.29 is 13.2 Å². The van der Waals surface area contributed by atoms with Crippen molar-refractivity contribution >= 4 is 18.5 Å². The summed E-state index contributed by atoms with van der Waals surface area (Å²) < 4.78 is 49.8. The van der Waals surface area contributed by atoms with Crippen LogP contribution in [-0.2, 0) is 5.41 Å². The number of anilines is 1. The lowest BCUT2D eigenvalue weighted by molar-refractivity contribution is -0.240. The number of hydrogen-bond donors (Lipinski definition) is 2. The number of aryl methyl sites for hydroxylation is 2. The molecule has 0 aromatic heterocycles. The standard InChI is InChI=1S/C30H42F3NS/c1-18-11-12-21(13-19(18)2)22-14-23(31)25(24(15-22)34-35)30(27(7,8)9)16-29(17-30,28(10,32)33)20(3)26(4,5)6/h11-15,20,34-35H,16-17H2,1-10H3. The molecule has 0 aliphatic heterocycles. The highest BCUT2D eigenvalue weighted by atomic mass is 32.1. The quantitative estimate of drug-likeness (QED) is 0.385. The van der Waals surface area contributed by atoms with Crippen LogP contribution in [0.4, 0.5) is 18.9 Å². The molecule has 1 nitrogen and oxygen atoms in total. The van der Waals surface area contributed by atoms with Crippen LogP contribution in [0.5, 0.6) is 0 Å². The van der Waals surface area contributed by atoms with Crippen LogP contribution in [0.2, 0.25) is 0 Å². The highest BCUT2D eigenvalue weighted by Gasteiger charge is 2.71. The lowest BCUT2D eigenvalue weighted by Crippen LogP contribution is -2.66. The first-order valence-electron chi connectivity index (χ1n) is 12.5. The SMILES string of the molecule is Cc1ccc(-c2cc(F)c(C3(C(C)(C)C)CC(C(C)C(C)(C)C)(C(C)(F)F)C3)c(NS)c2)cc1C. The molecule has 0 saturated heterocycles. The fraction of sp³-hybridized carbons (Fsp3) is 0.600. The Morgan fingerprint density at radius 1 is 0.886 bits per heavy atom. The third kappa shape index (κ3) is 4.51. The Morgan fingerprint density at radius 3 is 1.89 bits per heavy atom. The van der Waals surface area contributed by atoms with E-state index in [9.17, 15) is 0 Å². The Hall–Kier alpha value is -1.62. The molecule has 0 heterocycles. The summed E-state index contributed by atoms with van der Waals surface area (Å²) in [5.74, 6) is -3.52. The maximum atomic E-state index is 16.1. The van der Waals surface area contributed by atoms with Crippen LogP contribution in [0.25, 0.3) is 11.1 Å². The molecular weight excluding hydrogens is 463 g/mol. The van der Waals surface area contributed by atoms with Crippen molar-refractivity contribution in [2.75, 3.05) is 4.72 Å². The maximum absolute atomic E-state index is 16.1. The van der Waals surface area contributed by atoms with Crippen LogP contribution in [0.3, 0.4) is 0 Å². The monoisotopic (exact) mass is 505 g/mol. The summed E-state index contributed by atoms with van der Waals surface area (Å²) in [4.78, 5) is 0. The normalized spacial score (nSPS) is 24.2. The predicted molar refractivity (Wildman–Crippen MR) is 146 cm³/mol. The average Bonchev–Trinajstić information content (AvgIpc) is 2.67. The minimum Gasteiger partial charge on any atom is -0.332 e. The lowest BCUT2D eigenvalue weighted by atomic mass is 9.37. The van der Waals surface area contributed by atoms with Gasteiger partial charge in [-0.2, -0.15) is 0 Å². The number of halogens is 3. The van der Waals surface area contributed by atoms with Gasteiger partial charge in [-0.3, -0.25) is 0 Å². The van der Waals surface area contributed by atoms with E-state index in [2.05, 4.69) is 17.5 Å². The summed E-state index contributed by atoms with van der Waals surface area (Å²) >= 11 is 4.34. The van der Waals surface area contributed by atoms with Crippen LogP contribution in [0, 0.1) is 41.8 Å². The molecule has 35 heavy (non-hydrogen) atoms. The summed E-state index contributed by atoms with van der Waals surface area (Å²) in [6.45, 7) is 19.2. The lowest BCUT2D eigenvalue weighted by Gasteiger charge is -2.67. The molecular formula is C30H42F3NS. The van der Waals surface area contributed by atoms with E-state index >= 15 is 13.2 Å². The zero-order valence-corrected chi connectivity index (χ0v) is 23.9. The maximum Gasteiger partial charge on any atom is 0.251 e. The van der Waals surface area contributed by atoms with E-state index in [1.54, 1.807) is 6.07 Å². The minimum absolute atomic E-state index is 0.216. The summed E-state index contributed by atoms with van der Waals surface area (Å²) in [5.41, 5.74) is 2.24. The topological polar surface area (TPSA) is 12.0 Å². The van der Waals surface area contributed by atoms with Gasteiger partial charge in [0.15, 0.2) is 0 Å². The second kappa shape index (κ2) is 8.75. The molecule has 0 spiro atoms. The second-order valence-electron chi connectivity index (χ2n) is 13.1. The van der Waals surface area contributed by atoms with Gasteiger partial charge in [-0.1, -0.05) is 79.5 Å². The molecule has 1 aliphatic rings. The molecule has 0 bridgehead atoms. The molecule has 3 rings (SSSR count). The third-order valence-corrected chi connectivity index (χ3v) is 9.44. The molecule has 1 atom stereocenters. The largest absolute Gasteiger partial charge is 0.332 e. The molecule has 1 saturated carbocycles. The van der Waals surface area contributed by atoms with Gasteiger partial charge in [0.05, 0.1) is 5.69 Å². The first-order chi connectivity index (χ1) is 15.8. The van der Waals surface area contributed by atoms with E-state index in [1.165, 1.54) is 5.56 Å². The summed E-state index contributed by atoms with van der Waals surface area (Å²) in [5, 5.41) is 0. The van der Waals surface area contributed by atoms with Crippen LogP contribution < -0.4 is 4.72 Å². The van der Waals surface area contributed by atoms with Gasteiger partial charge < -0.3 is 4.72 Å². The van der Waals surface area contributed by atoms with E-state index in [1.807, 2.05) is 86.6 Å². The molecule has 0 radical (unpaired) electrons. The molecule has 1 N–H and O–H groups in total. The van der Waals surface area contributed by atoms with Gasteiger partial charge in [0.1, 0.15) is 5.82 Å². The first kappa shape index (κ1) is 28.0. The highest BCUT2D eigenvalue weighted by Crippen LogP contribution is 2.73. The van der Waals surface area contributed by atoms with E-state index in [0.29, 0.717) is 11.3 Å². The van der Waals surface area contributed by atoms with Crippen LogP contribution in [0.1, 0.15) is 84.9 Å². The average molecular weight is 506 g/mol. The number of rotatable bonds is 5. The van der Waals surface area contributed by atoms with Crippen molar-refractivity contribution in [1.29, 1.82) is 0 Å². The Kier molecular flexibility index (Phi) is 6.99. The van der Waals surface area contributed by atoms with Crippen LogP contribution >= 0.6 is 12.8 Å². The van der Waals surface area contributed by atoms with Crippen molar-refractivity contribution in [2.45, 2.75) is 93.4 Å². The van der Waals surface area contributed by atoms with Crippen LogP contribution in [0.15, 0.2) is 30.3 Å². The smallest absolute Gasteiger partial charge is 0.251 e. The molecule has 2 aromatic carbocycles. The van der Waals surface area contributed by atoms with Gasteiger partial charge in [0.2, 0.25) is 0 Å². The van der Waals surface area contributed by atoms with Gasteiger partial charge in [0, 0.05) is 16.4 Å². The van der Waals surface area contributed by atoms with Crippen molar-refractivity contribution in [3.63, 3.8) is 0 Å². The Morgan fingerprint density at radius 2 is 1.46 bits per heavy atom. The van der Waals surface area contributed by atoms with E-state index in [-0.39, 0.29) is 30.0 Å². The minimum atomic E-state index is -2.89. The first-order valence-corrected chi connectivity index (χ1v) is 12.9. The second-order valence-corrected chi connectivity index (χ2v) is 13.3. The summed E-state index contributed by atoms with van der Waals surface area (Å²) in [6, 6.07) is 9.51. The van der Waals surface area contributed by atoms with E-state index in [0.717, 1.165) is 23.6 Å². The molecule has 1 unspecified atom stereocenters. The van der Waals surface area contributed by atoms with E-state index in [4.69, 9.17) is 0 Å². The molecule has 194 valence electrons. The van der Waals surface area contributed by atoms with Crippen LogP contribution in [-0.4, -0.2) is 5.92 Å². The number of nitrogens with one attached hydrogen (secondary N) is 1. The zero-order chi connectivity index (χ0) is 26.8. The number of benzene rings is 2. The fourth-order valence-electron chi connectivity index (χ4n) is 6.20. The highest BCUT2D eigenvalue weighted by molar-refractivity contribution is 7.81. The summed E-state index contributed by atoms with van der Waals surface area (Å²) in [7, 11) is 0. The van der Waals surface area contributed by atoms with Gasteiger partial charge in [-0.25, -0.2) is 13.2 Å². The van der Waals surface area contributed by atoms with Gasteiger partial charge >= 0.3 is 0 Å². The Labute approximate surface area is 215 Å². The Bertz CT molecular complexity index is 1100. The number of hydrogen-bond acceptors (Lipinski definition) is 2. The molecule has 1 aliphatic carbocycles. The van der Waals surface area contributed by atoms with Crippen molar-refractivity contribution in [3.05, 3.63) is 52.8 Å². The summed E-state index contributed by atoms with van der Waals surface area (Å²) in [6.07, 6.45) is 0.432. The molecule has 1 fully saturated rings. The van der Waals surface area contributed by atoms with Crippen molar-refractivity contribution in [2.24, 2.45) is 22.2 Å². The van der Waals surface area contributed by atoms with Gasteiger partial charge in [0.25, 0.3) is 5.92 Å². The van der Waals surface area contributed by atoms with Gasteiger partial charge in [-0.15, -0.1) is 0 Å². The number of alkyl halides is 2. The fourth-order valence-corrected chi connectivity index (χ4v) is 6.38.